The van der Waals surface area contributed by atoms with E-state index in [0.717, 1.165) is 84.8 Å². The summed E-state index contributed by atoms with van der Waals surface area (Å²) >= 11 is 0. The van der Waals surface area contributed by atoms with Crippen molar-refractivity contribution in [2.45, 2.75) is 71.6 Å². The Labute approximate surface area is 351 Å². The molecule has 0 spiro atoms. The molecule has 8 nitrogen and oxygen atoms in total. The second-order valence-electron chi connectivity index (χ2n) is 14.7. The molecule has 0 aliphatic rings. The zero-order valence-corrected chi connectivity index (χ0v) is 35.3. The minimum absolute atomic E-state index is 0.0460. The molecule has 306 valence electrons. The number of pyridine rings is 2. The number of hydrogen-bond donors (Lipinski definition) is 1. The van der Waals surface area contributed by atoms with E-state index in [0.29, 0.717) is 16.8 Å². The van der Waals surface area contributed by atoms with Crippen LogP contribution in [0, 0.1) is 0 Å². The van der Waals surface area contributed by atoms with Crippen molar-refractivity contribution in [3.8, 4) is 0 Å². The molecule has 2 amide bonds. The Balaban J connectivity index is 0.000000225. The summed E-state index contributed by atoms with van der Waals surface area (Å²) in [7, 11) is 4.01. The number of nitrogens with one attached hydrogen (secondary N) is 1. The molecular formula is C51H60N6O2. The normalized spacial score (nSPS) is 11.3. The lowest BCUT2D eigenvalue weighted by Gasteiger charge is -2.32. The summed E-state index contributed by atoms with van der Waals surface area (Å²) in [6, 6.07) is 37.0. The van der Waals surface area contributed by atoms with Gasteiger partial charge >= 0.3 is 0 Å². The minimum atomic E-state index is -0.120. The van der Waals surface area contributed by atoms with Gasteiger partial charge in [-0.1, -0.05) is 118 Å². The lowest BCUT2D eigenvalue weighted by Crippen LogP contribution is -2.45. The molecular weight excluding hydrogens is 729 g/mol. The van der Waals surface area contributed by atoms with Crippen LogP contribution < -0.4 is 15.2 Å². The molecule has 8 heteroatoms. The molecule has 0 atom stereocenters. The average molecular weight is 789 g/mol. The fourth-order valence-electron chi connectivity index (χ4n) is 6.82. The Kier molecular flexibility index (Phi) is 17.9. The van der Waals surface area contributed by atoms with E-state index in [2.05, 4.69) is 58.3 Å². The van der Waals surface area contributed by atoms with Crippen LogP contribution in [0.15, 0.2) is 152 Å². The summed E-state index contributed by atoms with van der Waals surface area (Å²) < 4.78 is 0. The van der Waals surface area contributed by atoms with Gasteiger partial charge in [-0.2, -0.15) is 0 Å². The second kappa shape index (κ2) is 24.0. The Morgan fingerprint density at radius 2 is 1.22 bits per heavy atom. The standard InChI is InChI=1S/C27H33N3O.C24H27N3O/c1-3-4-5-6-7-8-9-15-20-29(2)30(27(31)23-16-11-10-12-17-23)25-21-24-18-13-14-19-26(24)28-22-25;1-3-4-5-6-11-16-27(2)23-15-10-8-13-21(23)24(28)26-20-17-19-12-7-9-14-22(19)25-18-20/h7-8,10-14,16-19,21-22H,3-6,9,15,20H2,1-2H3;4-5,7-10,12-15,17-18H,3,6,11,16H2,1-2H3,(H,26,28). The first-order chi connectivity index (χ1) is 28.9. The molecule has 0 aliphatic carbocycles. The Morgan fingerprint density at radius 1 is 0.627 bits per heavy atom. The lowest BCUT2D eigenvalue weighted by molar-refractivity contribution is 0.0913. The smallest absolute Gasteiger partial charge is 0.272 e. The number of aromatic nitrogens is 2. The molecule has 59 heavy (non-hydrogen) atoms. The van der Waals surface area contributed by atoms with Crippen molar-refractivity contribution in [1.29, 1.82) is 0 Å². The van der Waals surface area contributed by atoms with Crippen molar-refractivity contribution >= 4 is 50.7 Å². The molecule has 0 saturated carbocycles. The molecule has 0 unspecified atom stereocenters. The maximum Gasteiger partial charge on any atom is 0.272 e. The van der Waals surface area contributed by atoms with Crippen molar-refractivity contribution in [2.24, 2.45) is 0 Å². The summed E-state index contributed by atoms with van der Waals surface area (Å²) in [4.78, 5) is 37.5. The quantitative estimate of drug-likeness (QED) is 0.0500. The molecule has 2 heterocycles. The number of carbonyl (C=O) groups is 2. The van der Waals surface area contributed by atoms with Gasteiger partial charge in [-0.3, -0.25) is 19.6 Å². The minimum Gasteiger partial charge on any atom is -0.374 e. The second-order valence-corrected chi connectivity index (χ2v) is 14.7. The van der Waals surface area contributed by atoms with E-state index in [-0.39, 0.29) is 11.8 Å². The first kappa shape index (κ1) is 44.0. The van der Waals surface area contributed by atoms with Gasteiger partial charge in [0, 0.05) is 49.2 Å². The van der Waals surface area contributed by atoms with Crippen LogP contribution in [0.2, 0.25) is 0 Å². The highest BCUT2D eigenvalue weighted by atomic mass is 16.2. The number of benzene rings is 4. The number of para-hydroxylation sites is 3. The molecule has 2 aromatic heterocycles. The van der Waals surface area contributed by atoms with Crippen LogP contribution in [-0.2, 0) is 0 Å². The third-order valence-corrected chi connectivity index (χ3v) is 10.0. The highest BCUT2D eigenvalue weighted by molar-refractivity contribution is 6.08. The predicted octanol–water partition coefficient (Wildman–Crippen LogP) is 12.3. The highest BCUT2D eigenvalue weighted by Gasteiger charge is 2.22. The van der Waals surface area contributed by atoms with Crippen molar-refractivity contribution in [2.75, 3.05) is 42.4 Å². The first-order valence-corrected chi connectivity index (χ1v) is 21.1. The maximum absolute atomic E-state index is 13.4. The molecule has 0 bridgehead atoms. The van der Waals surface area contributed by atoms with Gasteiger partial charge in [-0.05, 0) is 93.5 Å². The Bertz CT molecular complexity index is 2270. The molecule has 6 rings (SSSR count). The Morgan fingerprint density at radius 3 is 1.93 bits per heavy atom. The van der Waals surface area contributed by atoms with Crippen molar-refractivity contribution < 1.29 is 9.59 Å². The third kappa shape index (κ3) is 13.5. The number of fused-ring (bicyclic) bond motifs is 2. The zero-order chi connectivity index (χ0) is 41.7. The number of carbonyl (C=O) groups excluding carboxylic acids is 2. The van der Waals surface area contributed by atoms with Crippen LogP contribution in [0.3, 0.4) is 0 Å². The van der Waals surface area contributed by atoms with Crippen molar-refractivity contribution in [1.82, 2.24) is 15.0 Å². The molecule has 0 saturated heterocycles. The average Bonchev–Trinajstić information content (AvgIpc) is 3.27. The number of hydrogen-bond acceptors (Lipinski definition) is 6. The van der Waals surface area contributed by atoms with E-state index in [1.165, 1.54) is 19.3 Å². The first-order valence-electron chi connectivity index (χ1n) is 21.1. The van der Waals surface area contributed by atoms with Gasteiger partial charge in [0.1, 0.15) is 0 Å². The van der Waals surface area contributed by atoms with Gasteiger partial charge in [0.15, 0.2) is 0 Å². The number of amides is 2. The van der Waals surface area contributed by atoms with E-state index in [1.807, 2.05) is 134 Å². The van der Waals surface area contributed by atoms with Crippen LogP contribution in [-0.4, -0.2) is 54.0 Å². The summed E-state index contributed by atoms with van der Waals surface area (Å²) in [5.41, 5.74) is 5.59. The predicted molar refractivity (Wildman–Crippen MR) is 248 cm³/mol. The number of rotatable bonds is 19. The fourth-order valence-corrected chi connectivity index (χ4v) is 6.82. The largest absolute Gasteiger partial charge is 0.374 e. The topological polar surface area (TPSA) is 81.7 Å². The van der Waals surface area contributed by atoms with Crippen LogP contribution in [0.4, 0.5) is 17.1 Å². The molecule has 6 aromatic rings. The van der Waals surface area contributed by atoms with Gasteiger partial charge in [0.05, 0.1) is 40.4 Å². The molecule has 0 radical (unpaired) electrons. The maximum atomic E-state index is 13.4. The van der Waals surface area contributed by atoms with Gasteiger partial charge < -0.3 is 10.2 Å². The lowest BCUT2D eigenvalue weighted by atomic mass is 10.1. The van der Waals surface area contributed by atoms with Gasteiger partial charge in [0.2, 0.25) is 0 Å². The van der Waals surface area contributed by atoms with Crippen LogP contribution in [0.1, 0.15) is 92.4 Å². The zero-order valence-electron chi connectivity index (χ0n) is 35.3. The summed E-state index contributed by atoms with van der Waals surface area (Å²) in [5, 5.41) is 8.77. The summed E-state index contributed by atoms with van der Waals surface area (Å²) in [5.74, 6) is -0.166. The van der Waals surface area contributed by atoms with Crippen LogP contribution in [0.25, 0.3) is 21.8 Å². The van der Waals surface area contributed by atoms with Gasteiger partial charge in [-0.15, -0.1) is 0 Å². The van der Waals surface area contributed by atoms with E-state index in [9.17, 15) is 9.59 Å². The van der Waals surface area contributed by atoms with Crippen molar-refractivity contribution in [3.63, 3.8) is 0 Å². The van der Waals surface area contributed by atoms with Crippen LogP contribution >= 0.6 is 0 Å². The van der Waals surface area contributed by atoms with E-state index in [4.69, 9.17) is 0 Å². The van der Waals surface area contributed by atoms with E-state index in [1.54, 1.807) is 17.4 Å². The number of unbranched alkanes of at least 4 members (excludes halogenated alkanes) is 5. The molecule has 4 aromatic carbocycles. The fraction of sp³-hybridized carbons (Fsp3) is 0.294. The third-order valence-electron chi connectivity index (χ3n) is 10.0. The number of hydrazine groups is 1. The summed E-state index contributed by atoms with van der Waals surface area (Å²) in [6.07, 6.45) is 22.6. The van der Waals surface area contributed by atoms with Crippen LogP contribution in [0.5, 0.6) is 0 Å². The van der Waals surface area contributed by atoms with Gasteiger partial charge in [-0.25, -0.2) is 10.0 Å². The Hall–Kier alpha value is -6.12. The monoisotopic (exact) mass is 788 g/mol. The number of nitrogens with zero attached hydrogens (tertiary/aromatic N) is 5. The van der Waals surface area contributed by atoms with Crippen molar-refractivity contribution in [3.05, 3.63) is 163 Å². The summed E-state index contributed by atoms with van der Waals surface area (Å²) in [6.45, 7) is 6.05. The molecule has 0 aliphatic heterocycles. The molecule has 0 fully saturated rings. The highest BCUT2D eigenvalue weighted by Crippen LogP contribution is 2.25. The van der Waals surface area contributed by atoms with Gasteiger partial charge in [0.25, 0.3) is 11.8 Å². The van der Waals surface area contributed by atoms with E-state index < -0.39 is 0 Å². The number of allylic oxidation sites excluding steroid dienone is 4. The number of anilines is 3. The van der Waals surface area contributed by atoms with E-state index >= 15 is 0 Å². The molecule has 1 N–H and O–H groups in total. The SMILES string of the molecule is CCC=CCCCN(C)c1ccccc1C(=O)Nc1cnc2ccccc2c1.CCCCCC=CCCCN(C)N(C(=O)c1ccccc1)c1cnc2ccccc2c1.